The fourth-order valence-electron chi connectivity index (χ4n) is 3.81. The standard InChI is InChI=1S/C23H23Cl3N4O4/c1-32-19-4-3-14(9-20(19)33-2)22-28-21(34-29-22)12-30-7-5-13(6-8-30)23(31)27-18-11-16(25)15(24)10-17(18)26/h3-4,9-11,13H,5-8,12H2,1-2H3,(H,27,31). The first kappa shape index (κ1) is 24.6. The first-order chi connectivity index (χ1) is 16.4. The van der Waals surface area contributed by atoms with Gasteiger partial charge in [-0.25, -0.2) is 0 Å². The maximum atomic E-state index is 12.7. The third kappa shape index (κ3) is 5.58. The molecule has 0 spiro atoms. The number of piperidine rings is 1. The molecule has 3 aromatic rings. The average molecular weight is 526 g/mol. The van der Waals surface area contributed by atoms with E-state index in [2.05, 4.69) is 20.4 Å². The quantitative estimate of drug-likeness (QED) is 0.404. The van der Waals surface area contributed by atoms with Gasteiger partial charge in [0.25, 0.3) is 0 Å². The number of benzene rings is 2. The number of rotatable bonds is 7. The highest BCUT2D eigenvalue weighted by Gasteiger charge is 2.27. The second-order valence-corrected chi connectivity index (χ2v) is 9.09. The summed E-state index contributed by atoms with van der Waals surface area (Å²) in [6.45, 7) is 1.95. The van der Waals surface area contributed by atoms with Gasteiger partial charge >= 0.3 is 0 Å². The van der Waals surface area contributed by atoms with Crippen LogP contribution in [0.15, 0.2) is 34.9 Å². The second-order valence-electron chi connectivity index (χ2n) is 7.87. The molecule has 0 unspecified atom stereocenters. The number of anilines is 1. The van der Waals surface area contributed by atoms with Gasteiger partial charge in [0.15, 0.2) is 11.5 Å². The van der Waals surface area contributed by atoms with Gasteiger partial charge in [-0.2, -0.15) is 4.98 Å². The lowest BCUT2D eigenvalue weighted by molar-refractivity contribution is -0.121. The summed E-state index contributed by atoms with van der Waals surface area (Å²) in [6.07, 6.45) is 1.39. The number of amides is 1. The average Bonchev–Trinajstić information content (AvgIpc) is 3.31. The highest BCUT2D eigenvalue weighted by atomic mass is 35.5. The molecule has 2 aromatic carbocycles. The second kappa shape index (κ2) is 10.8. The van der Waals surface area contributed by atoms with Gasteiger partial charge < -0.3 is 19.3 Å². The van der Waals surface area contributed by atoms with Gasteiger partial charge in [-0.15, -0.1) is 0 Å². The van der Waals surface area contributed by atoms with Gasteiger partial charge in [-0.05, 0) is 56.3 Å². The molecule has 1 aliphatic heterocycles. The Balaban J connectivity index is 1.32. The number of halogens is 3. The van der Waals surface area contributed by atoms with Crippen molar-refractivity contribution in [3.05, 3.63) is 51.3 Å². The van der Waals surface area contributed by atoms with Gasteiger partial charge in [-0.3, -0.25) is 9.69 Å². The van der Waals surface area contributed by atoms with E-state index < -0.39 is 0 Å². The van der Waals surface area contributed by atoms with Gasteiger partial charge in [0.05, 0.1) is 41.5 Å². The molecule has 0 bridgehead atoms. The number of likely N-dealkylation sites (tertiary alicyclic amines) is 1. The molecule has 1 aromatic heterocycles. The maximum absolute atomic E-state index is 12.7. The minimum atomic E-state index is -0.133. The van der Waals surface area contributed by atoms with E-state index in [0.29, 0.717) is 63.4 Å². The third-order valence-electron chi connectivity index (χ3n) is 5.69. The predicted molar refractivity (Wildman–Crippen MR) is 131 cm³/mol. The van der Waals surface area contributed by atoms with Crippen LogP contribution >= 0.6 is 34.8 Å². The Labute approximate surface area is 212 Å². The SMILES string of the molecule is COc1ccc(-c2noc(CN3CCC(C(=O)Nc4cc(Cl)c(Cl)cc4Cl)CC3)n2)cc1OC. The maximum Gasteiger partial charge on any atom is 0.241 e. The van der Waals surface area contributed by atoms with Crippen LogP contribution in [0.1, 0.15) is 18.7 Å². The summed E-state index contributed by atoms with van der Waals surface area (Å²) in [5, 5.41) is 7.97. The van der Waals surface area contributed by atoms with Crippen LogP contribution in [0.4, 0.5) is 5.69 Å². The van der Waals surface area contributed by atoms with Crippen molar-refractivity contribution in [2.45, 2.75) is 19.4 Å². The highest BCUT2D eigenvalue weighted by molar-refractivity contribution is 6.44. The van der Waals surface area contributed by atoms with E-state index in [1.54, 1.807) is 32.4 Å². The molecule has 180 valence electrons. The smallest absolute Gasteiger partial charge is 0.241 e. The summed E-state index contributed by atoms with van der Waals surface area (Å²) in [5.41, 5.74) is 1.22. The summed E-state index contributed by atoms with van der Waals surface area (Å²) in [5.74, 6) is 1.98. The van der Waals surface area contributed by atoms with Crippen LogP contribution < -0.4 is 14.8 Å². The number of nitrogens with zero attached hydrogens (tertiary/aromatic N) is 3. The third-order valence-corrected chi connectivity index (χ3v) is 6.73. The van der Waals surface area contributed by atoms with Gasteiger partial charge in [0, 0.05) is 11.5 Å². The molecule has 4 rings (SSSR count). The Bertz CT molecular complexity index is 1180. The fourth-order valence-corrected chi connectivity index (χ4v) is 4.40. The summed E-state index contributed by atoms with van der Waals surface area (Å²) in [4.78, 5) is 19.4. The molecule has 34 heavy (non-hydrogen) atoms. The number of hydrogen-bond acceptors (Lipinski definition) is 7. The molecule has 1 aliphatic rings. The van der Waals surface area contributed by atoms with E-state index in [1.165, 1.54) is 6.07 Å². The van der Waals surface area contributed by atoms with Crippen molar-refractivity contribution in [3.8, 4) is 22.9 Å². The molecule has 0 radical (unpaired) electrons. The van der Waals surface area contributed by atoms with Crippen LogP contribution in [0.3, 0.4) is 0 Å². The summed E-state index contributed by atoms with van der Waals surface area (Å²) < 4.78 is 16.1. The molecule has 0 atom stereocenters. The molecule has 1 N–H and O–H groups in total. The normalized spacial score (nSPS) is 14.7. The molecule has 1 saturated heterocycles. The molecule has 0 saturated carbocycles. The van der Waals surface area contributed by atoms with E-state index in [0.717, 1.165) is 18.7 Å². The Morgan fingerprint density at radius 1 is 1.06 bits per heavy atom. The number of carbonyl (C=O) groups excluding carboxylic acids is 1. The van der Waals surface area contributed by atoms with Crippen LogP contribution in [0, 0.1) is 5.92 Å². The van der Waals surface area contributed by atoms with Crippen molar-refractivity contribution >= 4 is 46.4 Å². The number of carbonyl (C=O) groups is 1. The molecule has 1 fully saturated rings. The van der Waals surface area contributed by atoms with Crippen molar-refractivity contribution in [1.82, 2.24) is 15.0 Å². The lowest BCUT2D eigenvalue weighted by Crippen LogP contribution is -2.37. The van der Waals surface area contributed by atoms with Crippen LogP contribution in [0.2, 0.25) is 15.1 Å². The van der Waals surface area contributed by atoms with Crippen LogP contribution in [-0.4, -0.2) is 48.3 Å². The van der Waals surface area contributed by atoms with Crippen molar-refractivity contribution in [2.75, 3.05) is 32.6 Å². The largest absolute Gasteiger partial charge is 0.493 e. The molecule has 8 nitrogen and oxygen atoms in total. The minimum absolute atomic E-state index is 0.0894. The lowest BCUT2D eigenvalue weighted by Gasteiger charge is -2.30. The van der Waals surface area contributed by atoms with Crippen LogP contribution in [-0.2, 0) is 11.3 Å². The van der Waals surface area contributed by atoms with E-state index in [9.17, 15) is 4.79 Å². The summed E-state index contributed by atoms with van der Waals surface area (Å²) in [6, 6.07) is 8.53. The number of hydrogen-bond donors (Lipinski definition) is 1. The first-order valence-corrected chi connectivity index (χ1v) is 11.7. The molecular formula is C23H23Cl3N4O4. The zero-order chi connectivity index (χ0) is 24.2. The monoisotopic (exact) mass is 524 g/mol. The van der Waals surface area contributed by atoms with Crippen LogP contribution in [0.5, 0.6) is 11.5 Å². The Kier molecular flexibility index (Phi) is 7.83. The Morgan fingerprint density at radius 3 is 2.47 bits per heavy atom. The van der Waals surface area contributed by atoms with Gasteiger partial charge in [-0.1, -0.05) is 40.0 Å². The zero-order valence-corrected chi connectivity index (χ0v) is 20.9. The molecule has 1 amide bonds. The Hall–Kier alpha value is -2.52. The molecule has 2 heterocycles. The van der Waals surface area contributed by atoms with Gasteiger partial charge in [0.1, 0.15) is 0 Å². The molecule has 11 heteroatoms. The van der Waals surface area contributed by atoms with Crippen molar-refractivity contribution in [1.29, 1.82) is 0 Å². The summed E-state index contributed by atoms with van der Waals surface area (Å²) in [7, 11) is 3.16. The van der Waals surface area contributed by atoms with Crippen molar-refractivity contribution in [3.63, 3.8) is 0 Å². The Morgan fingerprint density at radius 2 is 1.76 bits per heavy atom. The highest BCUT2D eigenvalue weighted by Crippen LogP contribution is 2.33. The van der Waals surface area contributed by atoms with Crippen molar-refractivity contribution < 1.29 is 18.8 Å². The zero-order valence-electron chi connectivity index (χ0n) is 18.6. The van der Waals surface area contributed by atoms with E-state index >= 15 is 0 Å². The fraction of sp³-hybridized carbons (Fsp3) is 0.348. The van der Waals surface area contributed by atoms with E-state index in [-0.39, 0.29) is 11.8 Å². The summed E-state index contributed by atoms with van der Waals surface area (Å²) >= 11 is 18.2. The molecular weight excluding hydrogens is 503 g/mol. The number of methoxy groups -OCH3 is 2. The minimum Gasteiger partial charge on any atom is -0.493 e. The van der Waals surface area contributed by atoms with E-state index in [1.807, 2.05) is 6.07 Å². The first-order valence-electron chi connectivity index (χ1n) is 10.6. The van der Waals surface area contributed by atoms with Crippen LogP contribution in [0.25, 0.3) is 11.4 Å². The topological polar surface area (TPSA) is 89.7 Å². The number of ether oxygens (including phenoxy) is 2. The van der Waals surface area contributed by atoms with Crippen molar-refractivity contribution in [2.24, 2.45) is 5.92 Å². The number of nitrogens with one attached hydrogen (secondary N) is 1. The number of aromatic nitrogens is 2. The van der Waals surface area contributed by atoms with Gasteiger partial charge in [0.2, 0.25) is 17.6 Å². The lowest BCUT2D eigenvalue weighted by atomic mass is 9.96. The molecule has 0 aliphatic carbocycles. The predicted octanol–water partition coefficient (Wildman–Crippen LogP) is 5.56. The van der Waals surface area contributed by atoms with E-state index in [4.69, 9.17) is 48.8 Å².